The van der Waals surface area contributed by atoms with Crippen molar-refractivity contribution in [2.75, 3.05) is 0 Å². The second-order valence-corrected chi connectivity index (χ2v) is 3.55. The molecule has 0 spiro atoms. The Bertz CT molecular complexity index is 213. The highest BCUT2D eigenvalue weighted by Gasteiger charge is 2.36. The molecule has 4 nitrogen and oxygen atoms in total. The van der Waals surface area contributed by atoms with Gasteiger partial charge in [-0.05, 0) is 12.3 Å². The molecule has 12 heavy (non-hydrogen) atoms. The summed E-state index contributed by atoms with van der Waals surface area (Å²) in [6, 6.07) is 0.106. The maximum Gasteiger partial charge on any atom is 0.232 e. The summed E-state index contributed by atoms with van der Waals surface area (Å²) in [5.41, 5.74) is 5.05. The Balaban J connectivity index is 2.62. The van der Waals surface area contributed by atoms with Gasteiger partial charge in [-0.1, -0.05) is 13.8 Å². The van der Waals surface area contributed by atoms with Gasteiger partial charge in [-0.3, -0.25) is 9.59 Å². The molecule has 1 heterocycles. The van der Waals surface area contributed by atoms with E-state index in [1.165, 1.54) is 0 Å². The first-order chi connectivity index (χ1) is 5.52. The van der Waals surface area contributed by atoms with E-state index >= 15 is 0 Å². The summed E-state index contributed by atoms with van der Waals surface area (Å²) in [5, 5.41) is 2.74. The second-order valence-electron chi connectivity index (χ2n) is 3.55. The first-order valence-electron chi connectivity index (χ1n) is 4.12. The molecule has 2 amide bonds. The molecule has 1 saturated heterocycles. The minimum absolute atomic E-state index is 0.106. The van der Waals surface area contributed by atoms with Crippen molar-refractivity contribution in [1.82, 2.24) is 5.32 Å². The molecule has 4 heteroatoms. The summed E-state index contributed by atoms with van der Waals surface area (Å²) in [5.74, 6) is -0.993. The van der Waals surface area contributed by atoms with Gasteiger partial charge in [0.15, 0.2) is 0 Å². The Labute approximate surface area is 71.5 Å². The van der Waals surface area contributed by atoms with Crippen LogP contribution < -0.4 is 11.1 Å². The average molecular weight is 170 g/mol. The number of nitrogens with one attached hydrogen (secondary N) is 1. The van der Waals surface area contributed by atoms with Crippen molar-refractivity contribution < 1.29 is 9.59 Å². The van der Waals surface area contributed by atoms with Gasteiger partial charge in [0, 0.05) is 6.04 Å². The summed E-state index contributed by atoms with van der Waals surface area (Å²) in [6.07, 6.45) is 0.547. The topological polar surface area (TPSA) is 72.2 Å². The van der Waals surface area contributed by atoms with Crippen LogP contribution in [0.5, 0.6) is 0 Å². The monoisotopic (exact) mass is 170 g/mol. The van der Waals surface area contributed by atoms with Crippen LogP contribution in [-0.4, -0.2) is 17.9 Å². The third kappa shape index (κ3) is 1.57. The third-order valence-corrected chi connectivity index (χ3v) is 2.28. The average Bonchev–Trinajstić information content (AvgIpc) is 2.30. The summed E-state index contributed by atoms with van der Waals surface area (Å²) in [4.78, 5) is 21.9. The number of hydrogen-bond acceptors (Lipinski definition) is 2. The smallest absolute Gasteiger partial charge is 0.232 e. The Morgan fingerprint density at radius 3 is 2.50 bits per heavy atom. The van der Waals surface area contributed by atoms with Crippen LogP contribution in [-0.2, 0) is 9.59 Å². The molecular formula is C8H14N2O2. The summed E-state index contributed by atoms with van der Waals surface area (Å²) in [7, 11) is 0. The van der Waals surface area contributed by atoms with E-state index < -0.39 is 11.8 Å². The van der Waals surface area contributed by atoms with Crippen molar-refractivity contribution >= 4 is 11.8 Å². The van der Waals surface area contributed by atoms with Gasteiger partial charge in [-0.15, -0.1) is 0 Å². The molecule has 68 valence electrons. The lowest BCUT2D eigenvalue weighted by Gasteiger charge is -2.12. The van der Waals surface area contributed by atoms with Gasteiger partial charge in [-0.25, -0.2) is 0 Å². The molecular weight excluding hydrogens is 156 g/mol. The lowest BCUT2D eigenvalue weighted by atomic mass is 9.97. The van der Waals surface area contributed by atoms with Crippen LogP contribution in [0.15, 0.2) is 0 Å². The number of carbonyl (C=O) groups is 2. The molecule has 0 saturated carbocycles. The first-order valence-corrected chi connectivity index (χ1v) is 4.12. The number of hydrogen-bond donors (Lipinski definition) is 2. The molecule has 1 aliphatic rings. The maximum absolute atomic E-state index is 11.1. The number of rotatable bonds is 2. The van der Waals surface area contributed by atoms with Gasteiger partial charge < -0.3 is 11.1 Å². The standard InChI is InChI=1S/C8H14N2O2/c1-4(2)6-3-5(7(9)11)8(12)10-6/h4-6H,3H2,1-2H3,(H2,9,11)(H,10,12). The van der Waals surface area contributed by atoms with Crippen molar-refractivity contribution in [1.29, 1.82) is 0 Å². The van der Waals surface area contributed by atoms with Gasteiger partial charge in [-0.2, -0.15) is 0 Å². The Morgan fingerprint density at radius 2 is 2.25 bits per heavy atom. The van der Waals surface area contributed by atoms with E-state index in [9.17, 15) is 9.59 Å². The van der Waals surface area contributed by atoms with Crippen LogP contribution in [0, 0.1) is 11.8 Å². The Kier molecular flexibility index (Phi) is 2.35. The predicted molar refractivity (Wildman–Crippen MR) is 44.1 cm³/mol. The van der Waals surface area contributed by atoms with Gasteiger partial charge >= 0.3 is 0 Å². The molecule has 0 aromatic rings. The van der Waals surface area contributed by atoms with Crippen LogP contribution in [0.3, 0.4) is 0 Å². The van der Waals surface area contributed by atoms with Crippen molar-refractivity contribution in [3.8, 4) is 0 Å². The minimum Gasteiger partial charge on any atom is -0.369 e. The van der Waals surface area contributed by atoms with E-state index in [1.807, 2.05) is 13.8 Å². The van der Waals surface area contributed by atoms with Crippen LogP contribution in [0.2, 0.25) is 0 Å². The Hall–Kier alpha value is -1.06. The molecule has 1 fully saturated rings. The van der Waals surface area contributed by atoms with Crippen LogP contribution in [0.25, 0.3) is 0 Å². The van der Waals surface area contributed by atoms with Crippen LogP contribution in [0.4, 0.5) is 0 Å². The number of carbonyl (C=O) groups excluding carboxylic acids is 2. The zero-order valence-electron chi connectivity index (χ0n) is 7.33. The molecule has 0 bridgehead atoms. The molecule has 2 unspecified atom stereocenters. The molecule has 1 rings (SSSR count). The van der Waals surface area contributed by atoms with E-state index in [0.29, 0.717) is 12.3 Å². The van der Waals surface area contributed by atoms with Gasteiger partial charge in [0.1, 0.15) is 5.92 Å². The third-order valence-electron chi connectivity index (χ3n) is 2.28. The fourth-order valence-electron chi connectivity index (χ4n) is 1.39. The highest BCUT2D eigenvalue weighted by molar-refractivity contribution is 6.01. The van der Waals surface area contributed by atoms with E-state index in [4.69, 9.17) is 5.73 Å². The maximum atomic E-state index is 11.1. The summed E-state index contributed by atoms with van der Waals surface area (Å²) in [6.45, 7) is 4.02. The normalized spacial score (nSPS) is 29.1. The fourth-order valence-corrected chi connectivity index (χ4v) is 1.39. The molecule has 2 atom stereocenters. The zero-order valence-corrected chi connectivity index (χ0v) is 7.33. The van der Waals surface area contributed by atoms with Gasteiger partial charge in [0.2, 0.25) is 11.8 Å². The van der Waals surface area contributed by atoms with Crippen molar-refractivity contribution in [3.05, 3.63) is 0 Å². The Morgan fingerprint density at radius 1 is 1.67 bits per heavy atom. The van der Waals surface area contributed by atoms with Gasteiger partial charge in [0.25, 0.3) is 0 Å². The van der Waals surface area contributed by atoms with E-state index in [1.54, 1.807) is 0 Å². The summed E-state index contributed by atoms with van der Waals surface area (Å²) < 4.78 is 0. The number of primary amides is 1. The SMILES string of the molecule is CC(C)C1CC(C(N)=O)C(=O)N1. The molecule has 1 aliphatic heterocycles. The van der Waals surface area contributed by atoms with E-state index in [-0.39, 0.29) is 11.9 Å². The number of nitrogens with two attached hydrogens (primary N) is 1. The van der Waals surface area contributed by atoms with Crippen molar-refractivity contribution in [2.24, 2.45) is 17.6 Å². The van der Waals surface area contributed by atoms with E-state index in [0.717, 1.165) is 0 Å². The quantitative estimate of drug-likeness (QED) is 0.555. The van der Waals surface area contributed by atoms with E-state index in [2.05, 4.69) is 5.32 Å². The first kappa shape index (κ1) is 9.03. The van der Waals surface area contributed by atoms with Crippen LogP contribution in [0.1, 0.15) is 20.3 Å². The highest BCUT2D eigenvalue weighted by Crippen LogP contribution is 2.20. The lowest BCUT2D eigenvalue weighted by molar-refractivity contribution is -0.131. The summed E-state index contributed by atoms with van der Waals surface area (Å²) >= 11 is 0. The van der Waals surface area contributed by atoms with Crippen molar-refractivity contribution in [3.63, 3.8) is 0 Å². The molecule has 0 radical (unpaired) electrons. The highest BCUT2D eigenvalue weighted by atomic mass is 16.2. The number of amides is 2. The van der Waals surface area contributed by atoms with Crippen LogP contribution >= 0.6 is 0 Å². The molecule has 0 aromatic heterocycles. The zero-order chi connectivity index (χ0) is 9.30. The largest absolute Gasteiger partial charge is 0.369 e. The van der Waals surface area contributed by atoms with Crippen molar-refractivity contribution in [2.45, 2.75) is 26.3 Å². The second kappa shape index (κ2) is 3.13. The molecule has 0 aromatic carbocycles. The molecule has 0 aliphatic carbocycles. The minimum atomic E-state index is -0.614. The lowest BCUT2D eigenvalue weighted by Crippen LogP contribution is -2.32. The van der Waals surface area contributed by atoms with Gasteiger partial charge in [0.05, 0.1) is 0 Å². The predicted octanol–water partition coefficient (Wildman–Crippen LogP) is -0.368. The fraction of sp³-hybridized carbons (Fsp3) is 0.750. The molecule has 3 N–H and O–H groups in total.